The molecule has 1 heteroatoms. The van der Waals surface area contributed by atoms with E-state index >= 15 is 0 Å². The number of rotatable bonds is 1. The smallest absolute Gasteiger partial charge is 0.00412 e. The van der Waals surface area contributed by atoms with E-state index in [0.717, 1.165) is 5.92 Å². The van der Waals surface area contributed by atoms with E-state index in [0.29, 0.717) is 5.41 Å². The molecule has 2 unspecified atom stereocenters. The Hall–Kier alpha value is -0.300. The molecule has 1 nitrogen and oxygen atoms in total. The Morgan fingerprint density at radius 2 is 2.33 bits per heavy atom. The van der Waals surface area contributed by atoms with Crippen molar-refractivity contribution in [2.75, 3.05) is 20.1 Å². The molecule has 2 aliphatic rings. The Bertz CT molecular complexity index is 197. The Labute approximate surface area is 75.4 Å². The number of hydrogen-bond donors (Lipinski definition) is 0. The van der Waals surface area contributed by atoms with Gasteiger partial charge in [0.25, 0.3) is 0 Å². The average molecular weight is 165 g/mol. The van der Waals surface area contributed by atoms with E-state index in [-0.39, 0.29) is 0 Å². The molecular formula is C11H19N. The molecule has 12 heavy (non-hydrogen) atoms. The molecule has 0 radical (unpaired) electrons. The summed E-state index contributed by atoms with van der Waals surface area (Å²) in [5.41, 5.74) is 0.642. The minimum Gasteiger partial charge on any atom is -0.305 e. The fourth-order valence-electron chi connectivity index (χ4n) is 2.98. The first kappa shape index (κ1) is 8.31. The number of likely N-dealkylation sites (tertiary alicyclic amines) is 1. The first-order valence-electron chi connectivity index (χ1n) is 5.10. The highest BCUT2D eigenvalue weighted by molar-refractivity contribution is 5.06. The summed E-state index contributed by atoms with van der Waals surface area (Å²) in [6.45, 7) is 4.99. The van der Waals surface area contributed by atoms with Crippen molar-refractivity contribution in [3.63, 3.8) is 0 Å². The van der Waals surface area contributed by atoms with Crippen LogP contribution in [-0.4, -0.2) is 25.0 Å². The highest BCUT2D eigenvalue weighted by Crippen LogP contribution is 2.45. The van der Waals surface area contributed by atoms with Crippen molar-refractivity contribution in [1.82, 2.24) is 4.90 Å². The zero-order chi connectivity index (χ0) is 8.60. The molecule has 1 fully saturated rings. The second-order valence-corrected chi connectivity index (χ2v) is 4.52. The summed E-state index contributed by atoms with van der Waals surface area (Å²) in [6, 6.07) is 0. The van der Waals surface area contributed by atoms with Crippen LogP contribution in [0.5, 0.6) is 0 Å². The Morgan fingerprint density at radius 3 is 3.00 bits per heavy atom. The summed E-state index contributed by atoms with van der Waals surface area (Å²) in [4.78, 5) is 2.50. The normalized spacial score (nSPS) is 41.7. The average Bonchev–Trinajstić information content (AvgIpc) is 2.41. The van der Waals surface area contributed by atoms with Gasteiger partial charge in [-0.05, 0) is 37.6 Å². The van der Waals surface area contributed by atoms with Crippen molar-refractivity contribution in [2.45, 2.75) is 26.2 Å². The third-order valence-electron chi connectivity index (χ3n) is 3.80. The van der Waals surface area contributed by atoms with Crippen LogP contribution in [0.25, 0.3) is 0 Å². The van der Waals surface area contributed by atoms with E-state index in [9.17, 15) is 0 Å². The first-order chi connectivity index (χ1) is 5.77. The van der Waals surface area contributed by atoms with Crippen molar-refractivity contribution in [3.05, 3.63) is 12.2 Å². The van der Waals surface area contributed by atoms with Crippen molar-refractivity contribution >= 4 is 0 Å². The summed E-state index contributed by atoms with van der Waals surface area (Å²) in [6.07, 6.45) is 8.75. The molecule has 0 aromatic heterocycles. The quantitative estimate of drug-likeness (QED) is 0.539. The maximum Gasteiger partial charge on any atom is 0.00412 e. The lowest BCUT2D eigenvalue weighted by atomic mass is 9.69. The molecule has 0 aromatic carbocycles. The molecule has 1 aliphatic carbocycles. The summed E-state index contributed by atoms with van der Waals surface area (Å²) in [5, 5.41) is 0. The molecule has 1 heterocycles. The van der Waals surface area contributed by atoms with Crippen molar-refractivity contribution < 1.29 is 0 Å². The van der Waals surface area contributed by atoms with Gasteiger partial charge in [-0.25, -0.2) is 0 Å². The van der Waals surface area contributed by atoms with Gasteiger partial charge in [0.05, 0.1) is 0 Å². The fraction of sp³-hybridized carbons (Fsp3) is 0.818. The van der Waals surface area contributed by atoms with Gasteiger partial charge in [0.15, 0.2) is 0 Å². The Balaban J connectivity index is 2.20. The second kappa shape index (κ2) is 2.88. The minimum absolute atomic E-state index is 0.642. The van der Waals surface area contributed by atoms with Gasteiger partial charge in [0.2, 0.25) is 0 Å². The van der Waals surface area contributed by atoms with Crippen molar-refractivity contribution in [2.24, 2.45) is 11.3 Å². The van der Waals surface area contributed by atoms with Crippen LogP contribution in [-0.2, 0) is 0 Å². The monoisotopic (exact) mass is 165 g/mol. The molecule has 0 bridgehead atoms. The van der Waals surface area contributed by atoms with E-state index in [1.54, 1.807) is 0 Å². The third kappa shape index (κ3) is 1.11. The van der Waals surface area contributed by atoms with Gasteiger partial charge in [0, 0.05) is 13.1 Å². The SMILES string of the molecule is CCC12CC=CCC1CN(C)C2. The molecule has 1 aliphatic heterocycles. The van der Waals surface area contributed by atoms with Gasteiger partial charge in [0.1, 0.15) is 0 Å². The van der Waals surface area contributed by atoms with Crippen LogP contribution < -0.4 is 0 Å². The van der Waals surface area contributed by atoms with Gasteiger partial charge < -0.3 is 4.90 Å². The van der Waals surface area contributed by atoms with Crippen LogP contribution in [0, 0.1) is 11.3 Å². The Morgan fingerprint density at radius 1 is 1.50 bits per heavy atom. The van der Waals surface area contributed by atoms with Gasteiger partial charge in [-0.3, -0.25) is 0 Å². The van der Waals surface area contributed by atoms with Crippen LogP contribution in [0.3, 0.4) is 0 Å². The summed E-state index contributed by atoms with van der Waals surface area (Å²) in [5.74, 6) is 0.942. The van der Waals surface area contributed by atoms with Crippen LogP contribution in [0.4, 0.5) is 0 Å². The van der Waals surface area contributed by atoms with Gasteiger partial charge >= 0.3 is 0 Å². The van der Waals surface area contributed by atoms with Crippen molar-refractivity contribution in [1.29, 1.82) is 0 Å². The van der Waals surface area contributed by atoms with Gasteiger partial charge in [-0.15, -0.1) is 0 Å². The second-order valence-electron chi connectivity index (χ2n) is 4.52. The predicted octanol–water partition coefficient (Wildman–Crippen LogP) is 2.29. The standard InChI is InChI=1S/C11H19N/c1-3-11-7-5-4-6-10(11)8-12(2)9-11/h4-5,10H,3,6-9H2,1-2H3. The molecule has 0 N–H and O–H groups in total. The summed E-state index contributed by atoms with van der Waals surface area (Å²) in [7, 11) is 2.26. The minimum atomic E-state index is 0.642. The lowest BCUT2D eigenvalue weighted by molar-refractivity contribution is 0.203. The van der Waals surface area contributed by atoms with Crippen LogP contribution in [0.2, 0.25) is 0 Å². The van der Waals surface area contributed by atoms with E-state index in [1.165, 1.54) is 32.4 Å². The molecule has 0 spiro atoms. The largest absolute Gasteiger partial charge is 0.305 e. The van der Waals surface area contributed by atoms with Gasteiger partial charge in [-0.1, -0.05) is 19.1 Å². The van der Waals surface area contributed by atoms with Gasteiger partial charge in [-0.2, -0.15) is 0 Å². The molecule has 0 aromatic rings. The first-order valence-corrected chi connectivity index (χ1v) is 5.10. The molecule has 2 atom stereocenters. The fourth-order valence-corrected chi connectivity index (χ4v) is 2.98. The number of allylic oxidation sites excluding steroid dienone is 2. The van der Waals surface area contributed by atoms with Crippen LogP contribution in [0.15, 0.2) is 12.2 Å². The topological polar surface area (TPSA) is 3.24 Å². The maximum absolute atomic E-state index is 2.50. The zero-order valence-electron chi connectivity index (χ0n) is 8.21. The highest BCUT2D eigenvalue weighted by atomic mass is 15.1. The van der Waals surface area contributed by atoms with E-state index in [2.05, 4.69) is 31.0 Å². The van der Waals surface area contributed by atoms with E-state index in [4.69, 9.17) is 0 Å². The third-order valence-corrected chi connectivity index (χ3v) is 3.80. The predicted molar refractivity (Wildman–Crippen MR) is 52.1 cm³/mol. The number of fused-ring (bicyclic) bond motifs is 1. The zero-order valence-corrected chi connectivity index (χ0v) is 8.21. The van der Waals surface area contributed by atoms with Crippen LogP contribution >= 0.6 is 0 Å². The van der Waals surface area contributed by atoms with E-state index < -0.39 is 0 Å². The molecule has 2 rings (SSSR count). The lowest BCUT2D eigenvalue weighted by Gasteiger charge is -2.35. The number of nitrogens with zero attached hydrogens (tertiary/aromatic N) is 1. The molecule has 0 amide bonds. The van der Waals surface area contributed by atoms with Crippen LogP contribution in [0.1, 0.15) is 26.2 Å². The molecular weight excluding hydrogens is 146 g/mol. The highest BCUT2D eigenvalue weighted by Gasteiger charge is 2.43. The Kier molecular flexibility index (Phi) is 1.99. The summed E-state index contributed by atoms with van der Waals surface area (Å²) < 4.78 is 0. The molecule has 68 valence electrons. The summed E-state index contributed by atoms with van der Waals surface area (Å²) >= 11 is 0. The van der Waals surface area contributed by atoms with Crippen molar-refractivity contribution in [3.8, 4) is 0 Å². The van der Waals surface area contributed by atoms with E-state index in [1.807, 2.05) is 0 Å². The molecule has 0 saturated carbocycles. The lowest BCUT2D eigenvalue weighted by Crippen LogP contribution is -2.30. The maximum atomic E-state index is 2.50. The number of hydrogen-bond acceptors (Lipinski definition) is 1. The molecule has 1 saturated heterocycles.